The van der Waals surface area contributed by atoms with E-state index in [1.807, 2.05) is 5.38 Å². The Morgan fingerprint density at radius 3 is 1.94 bits per heavy atom. The van der Waals surface area contributed by atoms with Gasteiger partial charge in [-0.25, -0.2) is 14.4 Å². The summed E-state index contributed by atoms with van der Waals surface area (Å²) >= 11 is 1.16. The highest BCUT2D eigenvalue weighted by Gasteiger charge is 2.38. The molecule has 1 aromatic rings. The van der Waals surface area contributed by atoms with Crippen molar-refractivity contribution in [2.24, 2.45) is 0 Å². The molecule has 0 aromatic carbocycles. The van der Waals surface area contributed by atoms with Crippen molar-refractivity contribution in [1.29, 1.82) is 0 Å². The molecule has 31 heavy (non-hydrogen) atoms. The molecule has 0 radical (unpaired) electrons. The number of ether oxygens (including phenoxy) is 3. The van der Waals surface area contributed by atoms with Crippen LogP contribution in [0, 0.1) is 0 Å². The minimum atomic E-state index is -0.885. The topological polar surface area (TPSA) is 82.1 Å². The maximum Gasteiger partial charge on any atom is 0.425 e. The van der Waals surface area contributed by atoms with Crippen molar-refractivity contribution in [3.8, 4) is 0 Å². The van der Waals surface area contributed by atoms with Crippen molar-refractivity contribution in [3.05, 3.63) is 16.5 Å². The number of hydrogen-bond donors (Lipinski definition) is 0. The molecule has 0 saturated heterocycles. The molecule has 0 N–H and O–H groups in total. The average Bonchev–Trinajstić information content (AvgIpc) is 3.04. The maximum atomic E-state index is 13.1. The van der Waals surface area contributed by atoms with Crippen LogP contribution in [0.25, 0.3) is 0 Å². The van der Waals surface area contributed by atoms with Gasteiger partial charge in [0.2, 0.25) is 0 Å². The SMILES string of the molecule is CCOC(=O)c1c(C2CCCCC2)csc1N(C(=O)OC(C)(C)C)C(=O)OC(C)(C)C. The van der Waals surface area contributed by atoms with Gasteiger partial charge in [0.15, 0.2) is 0 Å². The van der Waals surface area contributed by atoms with Crippen LogP contribution in [0.1, 0.15) is 102 Å². The molecule has 8 heteroatoms. The predicted octanol–water partition coefficient (Wildman–Crippen LogP) is 6.65. The molecule has 0 spiro atoms. The molecular weight excluding hydrogens is 418 g/mol. The summed E-state index contributed by atoms with van der Waals surface area (Å²) in [6.45, 7) is 12.2. The minimum absolute atomic E-state index is 0.183. The number of hydrogen-bond acceptors (Lipinski definition) is 7. The molecule has 1 aromatic heterocycles. The van der Waals surface area contributed by atoms with Crippen LogP contribution in [0.2, 0.25) is 0 Å². The van der Waals surface area contributed by atoms with E-state index in [4.69, 9.17) is 14.2 Å². The largest absolute Gasteiger partial charge is 0.462 e. The first-order valence-electron chi connectivity index (χ1n) is 10.9. The summed E-state index contributed by atoms with van der Waals surface area (Å²) < 4.78 is 16.3. The van der Waals surface area contributed by atoms with Gasteiger partial charge < -0.3 is 14.2 Å². The lowest BCUT2D eigenvalue weighted by Crippen LogP contribution is -2.44. The van der Waals surface area contributed by atoms with Crippen LogP contribution in [-0.2, 0) is 14.2 Å². The summed E-state index contributed by atoms with van der Waals surface area (Å²) in [5.41, 5.74) is -0.568. The lowest BCUT2D eigenvalue weighted by atomic mass is 9.83. The van der Waals surface area contributed by atoms with Gasteiger partial charge in [0.1, 0.15) is 16.2 Å². The zero-order chi connectivity index (χ0) is 23.4. The second-order valence-electron chi connectivity index (χ2n) is 9.72. The quantitative estimate of drug-likeness (QED) is 0.375. The van der Waals surface area contributed by atoms with Crippen LogP contribution < -0.4 is 4.90 Å². The van der Waals surface area contributed by atoms with Crippen molar-refractivity contribution in [3.63, 3.8) is 0 Å². The van der Waals surface area contributed by atoms with E-state index in [9.17, 15) is 14.4 Å². The maximum absolute atomic E-state index is 13.1. The highest BCUT2D eigenvalue weighted by atomic mass is 32.1. The lowest BCUT2D eigenvalue weighted by molar-refractivity contribution is 0.0432. The van der Waals surface area contributed by atoms with Gasteiger partial charge in [-0.3, -0.25) is 0 Å². The highest BCUT2D eigenvalue weighted by molar-refractivity contribution is 7.15. The van der Waals surface area contributed by atoms with E-state index in [0.717, 1.165) is 47.5 Å². The summed E-state index contributed by atoms with van der Waals surface area (Å²) in [5.74, 6) is -0.353. The Bertz CT molecular complexity index is 768. The monoisotopic (exact) mass is 453 g/mol. The number of carbonyl (C=O) groups is 3. The number of esters is 1. The van der Waals surface area contributed by atoms with E-state index in [2.05, 4.69) is 0 Å². The number of anilines is 1. The van der Waals surface area contributed by atoms with Crippen LogP contribution in [-0.4, -0.2) is 36.0 Å². The summed E-state index contributed by atoms with van der Waals surface area (Å²) in [6, 6.07) is 0. The van der Waals surface area contributed by atoms with E-state index in [1.54, 1.807) is 48.5 Å². The first-order chi connectivity index (χ1) is 14.3. The molecule has 0 unspecified atom stereocenters. The Labute approximate surface area is 189 Å². The average molecular weight is 454 g/mol. The zero-order valence-corrected chi connectivity index (χ0v) is 20.5. The summed E-state index contributed by atoms with van der Waals surface area (Å²) in [6.07, 6.45) is 3.49. The number of amides is 2. The van der Waals surface area contributed by atoms with Crippen molar-refractivity contribution < 1.29 is 28.6 Å². The van der Waals surface area contributed by atoms with Gasteiger partial charge in [-0.05, 0) is 78.2 Å². The van der Waals surface area contributed by atoms with Gasteiger partial charge in [-0.2, -0.15) is 4.90 Å². The fourth-order valence-electron chi connectivity index (χ4n) is 3.50. The number of nitrogens with zero attached hydrogens (tertiary/aromatic N) is 1. The summed E-state index contributed by atoms with van der Waals surface area (Å²) in [5, 5.41) is 2.04. The Balaban J connectivity index is 2.57. The highest BCUT2D eigenvalue weighted by Crippen LogP contribution is 2.42. The molecular formula is C23H35NO6S. The number of thiophene rings is 1. The molecule has 0 aliphatic heterocycles. The van der Waals surface area contributed by atoms with Gasteiger partial charge in [0.05, 0.1) is 12.2 Å². The van der Waals surface area contributed by atoms with Crippen molar-refractivity contribution >= 4 is 34.5 Å². The lowest BCUT2D eigenvalue weighted by Gasteiger charge is -2.28. The molecule has 1 saturated carbocycles. The molecule has 1 fully saturated rings. The van der Waals surface area contributed by atoms with E-state index in [0.29, 0.717) is 0 Å². The van der Waals surface area contributed by atoms with Gasteiger partial charge in [-0.15, -0.1) is 11.3 Å². The third-order valence-corrected chi connectivity index (χ3v) is 5.66. The molecule has 2 amide bonds. The second kappa shape index (κ2) is 10.0. The van der Waals surface area contributed by atoms with Crippen molar-refractivity contribution in [2.45, 2.75) is 97.7 Å². The number of imide groups is 1. The Morgan fingerprint density at radius 1 is 0.968 bits per heavy atom. The van der Waals surface area contributed by atoms with Crippen LogP contribution in [0.4, 0.5) is 14.6 Å². The molecule has 7 nitrogen and oxygen atoms in total. The van der Waals surface area contributed by atoms with Crippen molar-refractivity contribution in [2.75, 3.05) is 11.5 Å². The van der Waals surface area contributed by atoms with Gasteiger partial charge in [0, 0.05) is 0 Å². The van der Waals surface area contributed by atoms with Gasteiger partial charge in [0.25, 0.3) is 0 Å². The van der Waals surface area contributed by atoms with E-state index in [1.165, 1.54) is 6.42 Å². The molecule has 1 heterocycles. The Kier molecular flexibility index (Phi) is 8.14. The normalized spacial score (nSPS) is 15.3. The molecule has 0 bridgehead atoms. The van der Waals surface area contributed by atoms with Crippen LogP contribution in [0.3, 0.4) is 0 Å². The number of carbonyl (C=O) groups excluding carboxylic acids is 3. The fraction of sp³-hybridized carbons (Fsp3) is 0.696. The molecule has 0 atom stereocenters. The third kappa shape index (κ3) is 6.95. The van der Waals surface area contributed by atoms with Gasteiger partial charge >= 0.3 is 18.2 Å². The standard InChI is InChI=1S/C23H35NO6S/c1-8-28-19(25)17-16(15-12-10-9-11-13-15)14-31-18(17)24(20(26)29-22(2,3)4)21(27)30-23(5,6)7/h14-15H,8-13H2,1-7H3. The van der Waals surface area contributed by atoms with Gasteiger partial charge in [-0.1, -0.05) is 19.3 Å². The Morgan fingerprint density at radius 2 is 1.48 bits per heavy atom. The van der Waals surface area contributed by atoms with Crippen LogP contribution in [0.15, 0.2) is 5.38 Å². The predicted molar refractivity (Wildman–Crippen MR) is 121 cm³/mol. The van der Waals surface area contributed by atoms with E-state index >= 15 is 0 Å². The second-order valence-corrected chi connectivity index (χ2v) is 10.6. The fourth-order valence-corrected chi connectivity index (χ4v) is 4.63. The van der Waals surface area contributed by atoms with Crippen molar-refractivity contribution in [1.82, 2.24) is 0 Å². The first kappa shape index (κ1) is 25.2. The van der Waals surface area contributed by atoms with Crippen LogP contribution in [0.5, 0.6) is 0 Å². The summed E-state index contributed by atoms with van der Waals surface area (Å²) in [7, 11) is 0. The zero-order valence-electron chi connectivity index (χ0n) is 19.7. The number of rotatable bonds is 4. The molecule has 2 rings (SSSR count). The van der Waals surface area contributed by atoms with E-state index in [-0.39, 0.29) is 23.1 Å². The molecule has 174 valence electrons. The van der Waals surface area contributed by atoms with Crippen LogP contribution >= 0.6 is 11.3 Å². The summed E-state index contributed by atoms with van der Waals surface area (Å²) in [4.78, 5) is 39.9. The molecule has 1 aliphatic rings. The minimum Gasteiger partial charge on any atom is -0.462 e. The smallest absolute Gasteiger partial charge is 0.425 e. The Hall–Kier alpha value is -2.09. The molecule has 1 aliphatic carbocycles. The first-order valence-corrected chi connectivity index (χ1v) is 11.8. The third-order valence-electron chi connectivity index (χ3n) is 4.68. The van der Waals surface area contributed by atoms with E-state index < -0.39 is 29.4 Å².